The Morgan fingerprint density at radius 3 is 2.60 bits per heavy atom. The summed E-state index contributed by atoms with van der Waals surface area (Å²) in [6.07, 6.45) is 0.180. The van der Waals surface area contributed by atoms with Crippen molar-refractivity contribution in [3.63, 3.8) is 0 Å². The molecule has 3 saturated heterocycles. The first-order valence-corrected chi connectivity index (χ1v) is 7.50. The number of carbonyl (C=O) groups is 1. The molecule has 1 N–H and O–H groups in total. The van der Waals surface area contributed by atoms with E-state index in [1.165, 1.54) is 0 Å². The number of hydrogen-bond acceptors (Lipinski definition) is 5. The van der Waals surface area contributed by atoms with Crippen molar-refractivity contribution in [2.24, 2.45) is 17.3 Å². The number of esters is 1. The molecule has 0 aromatic heterocycles. The van der Waals surface area contributed by atoms with Crippen molar-refractivity contribution in [1.29, 1.82) is 0 Å². The third-order valence-electron chi connectivity index (χ3n) is 6.37. The first kappa shape index (κ1) is 13.0. The highest BCUT2D eigenvalue weighted by molar-refractivity contribution is 5.86. The third-order valence-corrected chi connectivity index (χ3v) is 6.37. The van der Waals surface area contributed by atoms with Crippen LogP contribution in [0.2, 0.25) is 0 Å². The van der Waals surface area contributed by atoms with Crippen molar-refractivity contribution in [3.8, 4) is 0 Å². The van der Waals surface area contributed by atoms with E-state index < -0.39 is 29.0 Å². The molecule has 5 heteroatoms. The predicted molar refractivity (Wildman–Crippen MR) is 68.6 cm³/mol. The van der Waals surface area contributed by atoms with Gasteiger partial charge >= 0.3 is 5.97 Å². The quantitative estimate of drug-likeness (QED) is 0.534. The van der Waals surface area contributed by atoms with Gasteiger partial charge in [0.1, 0.15) is 6.10 Å². The Kier molecular flexibility index (Phi) is 2.21. The molecule has 0 aromatic carbocycles. The fraction of sp³-hybridized carbons (Fsp3) is 0.933. The second-order valence-electron chi connectivity index (χ2n) is 7.57. The molecular formula is C15H22O5. The first-order valence-electron chi connectivity index (χ1n) is 7.50. The summed E-state index contributed by atoms with van der Waals surface area (Å²) in [5.74, 6) is -0.251. The maximum absolute atomic E-state index is 12.6. The minimum Gasteiger partial charge on any atom is -0.431 e. The summed E-state index contributed by atoms with van der Waals surface area (Å²) in [6.45, 7) is 8.16. The van der Waals surface area contributed by atoms with Gasteiger partial charge < -0.3 is 19.3 Å². The molecule has 3 heterocycles. The zero-order chi connectivity index (χ0) is 14.5. The molecule has 20 heavy (non-hydrogen) atoms. The Morgan fingerprint density at radius 1 is 1.20 bits per heavy atom. The van der Waals surface area contributed by atoms with Crippen LogP contribution in [0.5, 0.6) is 0 Å². The van der Waals surface area contributed by atoms with E-state index >= 15 is 0 Å². The van der Waals surface area contributed by atoms with E-state index in [4.69, 9.17) is 14.2 Å². The molecule has 2 bridgehead atoms. The smallest absolute Gasteiger partial charge is 0.344 e. The summed E-state index contributed by atoms with van der Waals surface area (Å²) in [5, 5.41) is 10.6. The second kappa shape index (κ2) is 3.39. The van der Waals surface area contributed by atoms with E-state index in [9.17, 15) is 9.90 Å². The summed E-state index contributed by atoms with van der Waals surface area (Å²) >= 11 is 0. The summed E-state index contributed by atoms with van der Waals surface area (Å²) in [4.78, 5) is 12.6. The van der Waals surface area contributed by atoms with Crippen LogP contribution >= 0.6 is 0 Å². The van der Waals surface area contributed by atoms with Gasteiger partial charge in [-0.3, -0.25) is 0 Å². The molecule has 1 saturated carbocycles. The van der Waals surface area contributed by atoms with Gasteiger partial charge in [-0.25, -0.2) is 4.79 Å². The number of aliphatic hydroxyl groups is 1. The molecule has 4 aliphatic rings. The predicted octanol–water partition coefficient (Wildman–Crippen LogP) is 1.23. The van der Waals surface area contributed by atoms with Crippen molar-refractivity contribution < 1.29 is 24.1 Å². The summed E-state index contributed by atoms with van der Waals surface area (Å²) in [5.41, 5.74) is -1.86. The number of epoxide rings is 1. The Bertz CT molecular complexity index is 489. The number of fused-ring (bicyclic) bond motifs is 3. The van der Waals surface area contributed by atoms with Crippen LogP contribution in [0.4, 0.5) is 0 Å². The van der Waals surface area contributed by atoms with E-state index in [-0.39, 0.29) is 23.9 Å². The van der Waals surface area contributed by atoms with E-state index in [1.54, 1.807) is 0 Å². The molecule has 4 fully saturated rings. The minimum atomic E-state index is -0.869. The number of rotatable bonds is 0. The van der Waals surface area contributed by atoms with Crippen molar-refractivity contribution >= 4 is 5.97 Å². The molecule has 0 unspecified atom stereocenters. The zero-order valence-corrected chi connectivity index (χ0v) is 12.4. The molecule has 5 nitrogen and oxygen atoms in total. The summed E-state index contributed by atoms with van der Waals surface area (Å²) in [7, 11) is 0. The Hall–Kier alpha value is -0.650. The van der Waals surface area contributed by atoms with Crippen LogP contribution in [0, 0.1) is 17.3 Å². The van der Waals surface area contributed by atoms with Gasteiger partial charge in [0.15, 0.2) is 5.60 Å². The van der Waals surface area contributed by atoms with Crippen LogP contribution in [-0.2, 0) is 19.0 Å². The Labute approximate surface area is 118 Å². The minimum absolute atomic E-state index is 0.0569. The Balaban J connectivity index is 1.92. The number of carbonyl (C=O) groups excluding carboxylic acids is 1. The van der Waals surface area contributed by atoms with Crippen LogP contribution in [0.15, 0.2) is 0 Å². The SMILES string of the molecule is C[C@@H]1CC[C@H]2O[C@@]23C(=O)O[C@H]2OC(C)(C)[C@@H]([C@@H]2O)[C@]13C. The monoisotopic (exact) mass is 282 g/mol. The largest absolute Gasteiger partial charge is 0.431 e. The number of aliphatic hydroxyl groups excluding tert-OH is 1. The topological polar surface area (TPSA) is 68.3 Å². The standard InChI is InChI=1S/C15H22O5/c1-7-5-6-8-15(19-8)12(17)18-11-9(16)10(14(7,15)4)13(2,3)20-11/h7-11,16H,5-6H2,1-4H3/t7-,8-,9+,10-,11+,14+,15-/m1/s1. The lowest BCUT2D eigenvalue weighted by Gasteiger charge is -2.50. The van der Waals surface area contributed by atoms with Gasteiger partial charge in [-0.05, 0) is 32.6 Å². The van der Waals surface area contributed by atoms with Crippen LogP contribution in [0.3, 0.4) is 0 Å². The van der Waals surface area contributed by atoms with Crippen LogP contribution in [0.1, 0.15) is 40.5 Å². The molecule has 1 aliphatic carbocycles. The maximum atomic E-state index is 12.6. The molecule has 4 rings (SSSR count). The van der Waals surface area contributed by atoms with E-state index in [2.05, 4.69) is 13.8 Å². The average molecular weight is 282 g/mol. The number of ether oxygens (including phenoxy) is 3. The van der Waals surface area contributed by atoms with Gasteiger partial charge in [0, 0.05) is 11.3 Å². The summed E-state index contributed by atoms with van der Waals surface area (Å²) < 4.78 is 17.1. The van der Waals surface area contributed by atoms with E-state index in [1.807, 2.05) is 13.8 Å². The Morgan fingerprint density at radius 2 is 1.90 bits per heavy atom. The highest BCUT2D eigenvalue weighted by Crippen LogP contribution is 2.69. The second-order valence-corrected chi connectivity index (χ2v) is 7.57. The van der Waals surface area contributed by atoms with Crippen molar-refractivity contribution in [1.82, 2.24) is 0 Å². The fourth-order valence-corrected chi connectivity index (χ4v) is 5.31. The van der Waals surface area contributed by atoms with E-state index in [0.717, 1.165) is 12.8 Å². The lowest BCUT2D eigenvalue weighted by atomic mass is 9.52. The van der Waals surface area contributed by atoms with Gasteiger partial charge in [-0.2, -0.15) is 0 Å². The molecule has 7 atom stereocenters. The van der Waals surface area contributed by atoms with Gasteiger partial charge in [-0.15, -0.1) is 0 Å². The molecule has 0 amide bonds. The summed E-state index contributed by atoms with van der Waals surface area (Å²) in [6, 6.07) is 0. The number of hydrogen-bond donors (Lipinski definition) is 1. The normalized spacial score (nSPS) is 59.2. The van der Waals surface area contributed by atoms with Gasteiger partial charge in [-0.1, -0.05) is 13.8 Å². The third kappa shape index (κ3) is 1.16. The van der Waals surface area contributed by atoms with Gasteiger partial charge in [0.25, 0.3) is 0 Å². The molecule has 0 radical (unpaired) electrons. The zero-order valence-electron chi connectivity index (χ0n) is 12.4. The van der Waals surface area contributed by atoms with Crippen LogP contribution < -0.4 is 0 Å². The molecular weight excluding hydrogens is 260 g/mol. The lowest BCUT2D eigenvalue weighted by Crippen LogP contribution is -2.60. The molecule has 1 spiro atoms. The maximum Gasteiger partial charge on any atom is 0.344 e. The highest BCUT2D eigenvalue weighted by Gasteiger charge is 2.82. The van der Waals surface area contributed by atoms with E-state index in [0.29, 0.717) is 0 Å². The average Bonchev–Trinajstić information content (AvgIpc) is 3.04. The van der Waals surface area contributed by atoms with Gasteiger partial charge in [0.2, 0.25) is 6.29 Å². The van der Waals surface area contributed by atoms with Gasteiger partial charge in [0.05, 0.1) is 11.7 Å². The van der Waals surface area contributed by atoms with Crippen molar-refractivity contribution in [2.75, 3.05) is 0 Å². The lowest BCUT2D eigenvalue weighted by molar-refractivity contribution is -0.213. The van der Waals surface area contributed by atoms with Crippen LogP contribution in [-0.4, -0.2) is 40.8 Å². The highest BCUT2D eigenvalue weighted by atomic mass is 16.7. The molecule has 112 valence electrons. The molecule has 3 aliphatic heterocycles. The van der Waals surface area contributed by atoms with Crippen LogP contribution in [0.25, 0.3) is 0 Å². The first-order chi connectivity index (χ1) is 9.25. The van der Waals surface area contributed by atoms with Crippen molar-refractivity contribution in [3.05, 3.63) is 0 Å². The fourth-order valence-electron chi connectivity index (χ4n) is 5.31. The van der Waals surface area contributed by atoms with Crippen molar-refractivity contribution in [2.45, 2.75) is 70.2 Å². The molecule has 0 aromatic rings.